The Kier molecular flexibility index (Phi) is 15.9. The minimum Gasteiger partial charge on any atom is -0.744 e. The summed E-state index contributed by atoms with van der Waals surface area (Å²) >= 11 is 2.41. The van der Waals surface area contributed by atoms with Crippen molar-refractivity contribution in [1.29, 1.82) is 0 Å². The van der Waals surface area contributed by atoms with Crippen LogP contribution in [-0.2, 0) is 37.6 Å². The minimum absolute atomic E-state index is 0.0967. The van der Waals surface area contributed by atoms with Crippen molar-refractivity contribution in [1.82, 2.24) is 0 Å². The number of halogens is 11. The zero-order valence-electron chi connectivity index (χ0n) is 31.3. The molecule has 0 aliphatic rings. The second-order valence-electron chi connectivity index (χ2n) is 12.7. The average Bonchev–Trinajstić information content (AvgIpc) is 3.25. The van der Waals surface area contributed by atoms with Gasteiger partial charge in [0.25, 0.3) is 0 Å². The lowest BCUT2D eigenvalue weighted by atomic mass is 10.0. The standard InChI is InChI=1S/C31H24IS.2C6HF5O3S/c32-31-14-8-7-13-30(31)26-19-15-24(16-20-26)23-25-17-21-29(22-18-25)33(27-9-3-1-4-10-27)28-11-5-2-6-12-28;2*7-1-2(8)4(10)6(15(12,13)14)5(11)3(1)9/h1-22H,23H2;2*(H,12,13,14)/q+1;;/p-1. The Morgan fingerprint density at radius 3 is 1.16 bits per heavy atom. The second-order valence-corrected chi connectivity index (χ2v) is 18.5. The quantitative estimate of drug-likeness (QED) is 0.0405. The van der Waals surface area contributed by atoms with E-state index in [1.54, 1.807) is 0 Å². The summed E-state index contributed by atoms with van der Waals surface area (Å²) in [5.41, 5.74) is 5.24. The summed E-state index contributed by atoms with van der Waals surface area (Å²) < 4.78 is 185. The molecule has 0 atom stereocenters. The number of benzene rings is 7. The molecule has 328 valence electrons. The third-order valence-corrected chi connectivity index (χ3v) is 13.4. The van der Waals surface area contributed by atoms with Crippen LogP contribution < -0.4 is 0 Å². The fourth-order valence-corrected chi connectivity index (χ4v) is 9.65. The lowest BCUT2D eigenvalue weighted by molar-refractivity contribution is 0.350. The van der Waals surface area contributed by atoms with Crippen LogP contribution in [0.25, 0.3) is 11.1 Å². The fraction of sp³-hybridized carbons (Fsp3) is 0.0233. The highest BCUT2D eigenvalue weighted by atomic mass is 127. The van der Waals surface area contributed by atoms with Gasteiger partial charge in [-0.1, -0.05) is 91.0 Å². The smallest absolute Gasteiger partial charge is 0.300 e. The number of hydrogen-bond acceptors (Lipinski definition) is 5. The van der Waals surface area contributed by atoms with E-state index in [4.69, 9.17) is 4.55 Å². The molecule has 0 aromatic heterocycles. The Morgan fingerprint density at radius 2 is 0.778 bits per heavy atom. The van der Waals surface area contributed by atoms with Crippen LogP contribution in [0, 0.1) is 61.7 Å². The van der Waals surface area contributed by atoms with Crippen molar-refractivity contribution >= 4 is 53.7 Å². The first-order valence-corrected chi connectivity index (χ1v) is 22.5. The van der Waals surface area contributed by atoms with Crippen LogP contribution in [0.15, 0.2) is 158 Å². The van der Waals surface area contributed by atoms with Gasteiger partial charge in [-0.05, 0) is 93.7 Å². The summed E-state index contributed by atoms with van der Waals surface area (Å²) in [6, 6.07) is 48.3. The molecule has 0 heterocycles. The summed E-state index contributed by atoms with van der Waals surface area (Å²) in [5.74, 6) is -25.4. The number of hydrogen-bond donors (Lipinski definition) is 1. The van der Waals surface area contributed by atoms with Gasteiger partial charge in [0.05, 0.1) is 10.9 Å². The monoisotopic (exact) mass is 1050 g/mol. The van der Waals surface area contributed by atoms with Crippen LogP contribution in [0.2, 0.25) is 0 Å². The first-order valence-electron chi connectivity index (χ1n) is 17.4. The van der Waals surface area contributed by atoms with Crippen LogP contribution in [-0.4, -0.2) is 25.9 Å². The van der Waals surface area contributed by atoms with Crippen LogP contribution in [0.3, 0.4) is 0 Å². The summed E-state index contributed by atoms with van der Waals surface area (Å²) in [6.07, 6.45) is 0.941. The molecule has 20 heteroatoms. The van der Waals surface area contributed by atoms with Crippen molar-refractivity contribution in [3.05, 3.63) is 206 Å². The molecule has 0 unspecified atom stereocenters. The maximum Gasteiger partial charge on any atom is 0.300 e. The molecule has 0 fully saturated rings. The normalized spacial score (nSPS) is 11.4. The number of rotatable bonds is 8. The van der Waals surface area contributed by atoms with Gasteiger partial charge in [-0.15, -0.1) is 0 Å². The first-order chi connectivity index (χ1) is 29.6. The maximum atomic E-state index is 12.6. The van der Waals surface area contributed by atoms with Gasteiger partial charge in [0, 0.05) is 3.57 Å². The first kappa shape index (κ1) is 48.8. The van der Waals surface area contributed by atoms with Crippen LogP contribution in [0.5, 0.6) is 0 Å². The van der Waals surface area contributed by atoms with Gasteiger partial charge in [-0.2, -0.15) is 8.42 Å². The third-order valence-electron chi connectivity index (χ3n) is 8.51. The summed E-state index contributed by atoms with van der Waals surface area (Å²) in [5, 5.41) is 0. The molecule has 0 spiro atoms. The summed E-state index contributed by atoms with van der Waals surface area (Å²) in [4.78, 5) is -0.590. The van der Waals surface area contributed by atoms with Crippen molar-refractivity contribution in [3.63, 3.8) is 0 Å². The topological polar surface area (TPSA) is 112 Å². The molecule has 0 saturated carbocycles. The van der Waals surface area contributed by atoms with E-state index in [1.165, 1.54) is 40.5 Å². The molecule has 0 bridgehead atoms. The van der Waals surface area contributed by atoms with E-state index in [9.17, 15) is 65.3 Å². The summed E-state index contributed by atoms with van der Waals surface area (Å²) in [6.45, 7) is 0. The highest BCUT2D eigenvalue weighted by Gasteiger charge is 2.33. The zero-order valence-corrected chi connectivity index (χ0v) is 35.9. The summed E-state index contributed by atoms with van der Waals surface area (Å²) in [7, 11) is -11.4. The Labute approximate surface area is 369 Å². The maximum absolute atomic E-state index is 12.6. The van der Waals surface area contributed by atoms with Gasteiger partial charge in [-0.25, -0.2) is 52.3 Å². The lowest BCUT2D eigenvalue weighted by Gasteiger charge is -2.10. The molecule has 1 N–H and O–H groups in total. The van der Waals surface area contributed by atoms with Gasteiger partial charge >= 0.3 is 10.1 Å². The molecule has 7 aromatic rings. The molecule has 7 rings (SSSR count). The van der Waals surface area contributed by atoms with Gasteiger partial charge in [-0.3, -0.25) is 4.55 Å². The van der Waals surface area contributed by atoms with E-state index in [-0.39, 0.29) is 10.9 Å². The van der Waals surface area contributed by atoms with Crippen molar-refractivity contribution in [2.75, 3.05) is 0 Å². The van der Waals surface area contributed by atoms with Crippen molar-refractivity contribution in [3.8, 4) is 11.1 Å². The van der Waals surface area contributed by atoms with E-state index in [1.807, 2.05) is 0 Å². The molecule has 6 nitrogen and oxygen atoms in total. The van der Waals surface area contributed by atoms with Gasteiger partial charge in [0.1, 0.15) is 15.0 Å². The van der Waals surface area contributed by atoms with E-state index < -0.39 is 88.2 Å². The fourth-order valence-electron chi connectivity index (χ4n) is 5.61. The average molecular weight is 1050 g/mol. The highest BCUT2D eigenvalue weighted by Crippen LogP contribution is 2.32. The Hall–Kier alpha value is -5.26. The lowest BCUT2D eigenvalue weighted by Crippen LogP contribution is -2.12. The predicted octanol–water partition coefficient (Wildman–Crippen LogP) is 11.6. The molecule has 0 aliphatic heterocycles. The molecule has 0 amide bonds. The van der Waals surface area contributed by atoms with E-state index >= 15 is 0 Å². The Balaban J connectivity index is 0.000000208. The van der Waals surface area contributed by atoms with Crippen molar-refractivity contribution in [2.45, 2.75) is 30.9 Å². The molecule has 63 heavy (non-hydrogen) atoms. The molecular weight excluding hydrogens is 1030 g/mol. The molecule has 0 radical (unpaired) electrons. The van der Waals surface area contributed by atoms with Crippen molar-refractivity contribution < 1.29 is 69.8 Å². The van der Waals surface area contributed by atoms with E-state index in [0.29, 0.717) is 0 Å². The minimum atomic E-state index is -5.77. The Morgan fingerprint density at radius 1 is 0.444 bits per heavy atom. The Bertz CT molecular complexity index is 2790. The largest absolute Gasteiger partial charge is 0.744 e. The molecular formula is C43H25F10IO6S3. The molecule has 7 aromatic carbocycles. The van der Waals surface area contributed by atoms with Gasteiger partial charge < -0.3 is 4.55 Å². The van der Waals surface area contributed by atoms with Crippen LogP contribution >= 0.6 is 22.6 Å². The van der Waals surface area contributed by atoms with E-state index in [0.717, 1.165) is 6.42 Å². The molecule has 0 aliphatic carbocycles. The van der Waals surface area contributed by atoms with Crippen LogP contribution in [0.1, 0.15) is 11.1 Å². The second kappa shape index (κ2) is 20.5. The van der Waals surface area contributed by atoms with E-state index in [2.05, 4.69) is 156 Å². The predicted molar refractivity (Wildman–Crippen MR) is 219 cm³/mol. The van der Waals surface area contributed by atoms with Gasteiger partial charge in [0.15, 0.2) is 66.1 Å². The highest BCUT2D eigenvalue weighted by molar-refractivity contribution is 14.1. The molecule has 0 saturated heterocycles. The zero-order chi connectivity index (χ0) is 46.4. The van der Waals surface area contributed by atoms with Crippen LogP contribution in [0.4, 0.5) is 43.9 Å². The third kappa shape index (κ3) is 11.5. The SMILES string of the molecule is Ic1ccccc1-c1ccc(Cc2ccc([S+](c3ccccc3)c3ccccc3)cc2)cc1.O=S(=O)(O)c1c(F)c(F)c(F)c(F)c1F.O=S(=O)([O-])c1c(F)c(F)c(F)c(F)c1F. The van der Waals surface area contributed by atoms with Crippen molar-refractivity contribution in [2.24, 2.45) is 0 Å². The van der Waals surface area contributed by atoms with Gasteiger partial charge in [0.2, 0.25) is 11.6 Å².